The molecule has 0 bridgehead atoms. The van der Waals surface area contributed by atoms with Crippen molar-refractivity contribution in [1.82, 2.24) is 9.88 Å². The van der Waals surface area contributed by atoms with Crippen LogP contribution in [0.1, 0.15) is 48.3 Å². The number of nitrogens with one attached hydrogen (secondary N) is 1. The molecular formula is C26H23BrN2O4. The molecule has 1 aliphatic rings. The second kappa shape index (κ2) is 8.56. The number of para-hydroxylation sites is 1. The van der Waals surface area contributed by atoms with Gasteiger partial charge in [-0.05, 0) is 36.8 Å². The third-order valence-electron chi connectivity index (χ3n) is 6.17. The first-order valence-electron chi connectivity index (χ1n) is 11.0. The number of halogens is 1. The number of benzene rings is 2. The van der Waals surface area contributed by atoms with Crippen LogP contribution in [0.5, 0.6) is 0 Å². The molecule has 2 aromatic carbocycles. The van der Waals surface area contributed by atoms with E-state index in [1.54, 1.807) is 17.0 Å². The summed E-state index contributed by atoms with van der Waals surface area (Å²) >= 11 is 3.43. The zero-order valence-corrected chi connectivity index (χ0v) is 19.7. The van der Waals surface area contributed by atoms with Gasteiger partial charge in [-0.25, -0.2) is 0 Å². The van der Waals surface area contributed by atoms with E-state index in [0.29, 0.717) is 12.1 Å². The number of Topliss-reactive ketones (excluding diaryl/α,β-unsaturated/α-hetero) is 1. The second-order valence-electron chi connectivity index (χ2n) is 8.28. The lowest BCUT2D eigenvalue weighted by Crippen LogP contribution is -2.32. The van der Waals surface area contributed by atoms with Crippen LogP contribution in [0.2, 0.25) is 0 Å². The third kappa shape index (κ3) is 3.66. The Bertz CT molecular complexity index is 1410. The minimum absolute atomic E-state index is 0.0550. The van der Waals surface area contributed by atoms with Crippen molar-refractivity contribution in [2.24, 2.45) is 0 Å². The molecule has 2 N–H and O–H groups in total. The lowest BCUT2D eigenvalue weighted by molar-refractivity contribution is -0.129. The van der Waals surface area contributed by atoms with Gasteiger partial charge in [0.25, 0.3) is 5.91 Å². The highest BCUT2D eigenvalue weighted by molar-refractivity contribution is 9.10. The number of hydrogen-bond donors (Lipinski definition) is 2. The molecule has 1 aliphatic heterocycles. The lowest BCUT2D eigenvalue weighted by atomic mass is 9.94. The van der Waals surface area contributed by atoms with E-state index in [2.05, 4.69) is 27.8 Å². The van der Waals surface area contributed by atoms with Gasteiger partial charge in [-0.15, -0.1) is 0 Å². The number of ketones is 1. The van der Waals surface area contributed by atoms with E-state index in [9.17, 15) is 14.7 Å². The number of carbonyl (C=O) groups is 2. The van der Waals surface area contributed by atoms with Gasteiger partial charge in [-0.1, -0.05) is 53.9 Å². The summed E-state index contributed by atoms with van der Waals surface area (Å²) in [7, 11) is 0. The van der Waals surface area contributed by atoms with Crippen LogP contribution in [0.3, 0.4) is 0 Å². The summed E-state index contributed by atoms with van der Waals surface area (Å²) in [5.74, 6) is -1.42. The fourth-order valence-electron chi connectivity index (χ4n) is 4.55. The Kier molecular flexibility index (Phi) is 5.58. The summed E-state index contributed by atoms with van der Waals surface area (Å²) in [6.45, 7) is 2.54. The number of hydrogen-bond acceptors (Lipinski definition) is 4. The summed E-state index contributed by atoms with van der Waals surface area (Å²) in [6, 6.07) is 14.2. The molecule has 0 aliphatic carbocycles. The van der Waals surface area contributed by atoms with Gasteiger partial charge in [-0.2, -0.15) is 0 Å². The van der Waals surface area contributed by atoms with E-state index < -0.39 is 23.5 Å². The van der Waals surface area contributed by atoms with Crippen molar-refractivity contribution in [2.75, 3.05) is 6.54 Å². The number of fused-ring (bicyclic) bond motifs is 2. The van der Waals surface area contributed by atoms with Crippen LogP contribution >= 0.6 is 15.9 Å². The van der Waals surface area contributed by atoms with E-state index in [0.717, 1.165) is 45.6 Å². The molecule has 6 nitrogen and oxygen atoms in total. The van der Waals surface area contributed by atoms with Crippen LogP contribution in [0.25, 0.3) is 21.9 Å². The normalized spacial score (nSPS) is 16.5. The number of H-pyrrole nitrogens is 1. The summed E-state index contributed by atoms with van der Waals surface area (Å²) in [6.07, 6.45) is 4.55. The van der Waals surface area contributed by atoms with Crippen molar-refractivity contribution in [3.63, 3.8) is 0 Å². The van der Waals surface area contributed by atoms with Gasteiger partial charge < -0.3 is 19.4 Å². The van der Waals surface area contributed by atoms with Crippen molar-refractivity contribution in [2.45, 2.75) is 32.2 Å². The molecule has 0 spiro atoms. The van der Waals surface area contributed by atoms with Crippen molar-refractivity contribution in [1.29, 1.82) is 0 Å². The van der Waals surface area contributed by atoms with Gasteiger partial charge in [0.2, 0.25) is 5.78 Å². The molecule has 5 rings (SSSR count). The summed E-state index contributed by atoms with van der Waals surface area (Å²) in [4.78, 5) is 31.6. The zero-order chi connectivity index (χ0) is 23.1. The number of carbonyl (C=O) groups excluding carboxylic acids is 2. The summed E-state index contributed by atoms with van der Waals surface area (Å²) in [5, 5.41) is 12.6. The first kappa shape index (κ1) is 21.5. The topological polar surface area (TPSA) is 86.5 Å². The van der Waals surface area contributed by atoms with E-state index in [-0.39, 0.29) is 11.3 Å². The van der Waals surface area contributed by atoms with Gasteiger partial charge in [-0.3, -0.25) is 9.59 Å². The molecule has 0 radical (unpaired) electrons. The molecule has 3 heterocycles. The number of rotatable bonds is 7. The standard InChI is InChI=1S/C26H23BrN2O4/c1-2-3-6-11-29-23(18-14-28-19-8-5-4-7-17(18)19)22(25(31)26(29)32)24(30)21-13-15-12-16(27)9-10-20(15)33-21/h4-5,7-10,12-14,23,28,31H,2-3,6,11H2,1H3. The Labute approximate surface area is 199 Å². The minimum Gasteiger partial charge on any atom is -0.503 e. The molecule has 0 fully saturated rings. The Morgan fingerprint density at radius 2 is 2.00 bits per heavy atom. The smallest absolute Gasteiger partial charge is 0.290 e. The Balaban J connectivity index is 1.62. The number of amides is 1. The fourth-order valence-corrected chi connectivity index (χ4v) is 4.93. The third-order valence-corrected chi connectivity index (χ3v) is 6.66. The van der Waals surface area contributed by atoms with Crippen LogP contribution in [0.15, 0.2) is 74.9 Å². The monoisotopic (exact) mass is 506 g/mol. The van der Waals surface area contributed by atoms with E-state index in [4.69, 9.17) is 4.42 Å². The van der Waals surface area contributed by atoms with Gasteiger partial charge in [0.15, 0.2) is 11.5 Å². The zero-order valence-electron chi connectivity index (χ0n) is 18.1. The SMILES string of the molecule is CCCCCN1C(=O)C(O)=C(C(=O)c2cc3cc(Br)ccc3o2)C1c1c[nH]c2ccccc12. The average Bonchev–Trinajstić information content (AvgIpc) is 3.49. The van der Waals surface area contributed by atoms with Crippen molar-refractivity contribution >= 4 is 49.5 Å². The average molecular weight is 507 g/mol. The Hall–Kier alpha value is -3.32. The molecule has 1 amide bonds. The molecule has 0 saturated heterocycles. The predicted molar refractivity (Wildman–Crippen MR) is 130 cm³/mol. The van der Waals surface area contributed by atoms with E-state index in [1.807, 2.05) is 42.6 Å². The molecule has 1 atom stereocenters. The van der Waals surface area contributed by atoms with Crippen LogP contribution < -0.4 is 0 Å². The number of nitrogens with zero attached hydrogens (tertiary/aromatic N) is 1. The maximum atomic E-state index is 13.7. The number of aromatic amines is 1. The first-order chi connectivity index (χ1) is 16.0. The number of unbranched alkanes of at least 4 members (excludes halogenated alkanes) is 2. The van der Waals surface area contributed by atoms with Gasteiger partial charge in [0.05, 0.1) is 11.6 Å². The molecule has 1 unspecified atom stereocenters. The Morgan fingerprint density at radius 1 is 1.18 bits per heavy atom. The van der Waals surface area contributed by atoms with Crippen LogP contribution in [-0.2, 0) is 4.79 Å². The molecular weight excluding hydrogens is 484 g/mol. The number of aliphatic hydroxyl groups excluding tert-OH is 1. The van der Waals surface area contributed by atoms with Crippen molar-refractivity contribution < 1.29 is 19.1 Å². The maximum absolute atomic E-state index is 13.7. The van der Waals surface area contributed by atoms with Crippen LogP contribution in [0, 0.1) is 0 Å². The van der Waals surface area contributed by atoms with Crippen LogP contribution in [-0.4, -0.2) is 33.2 Å². The largest absolute Gasteiger partial charge is 0.503 e. The van der Waals surface area contributed by atoms with Crippen LogP contribution in [0.4, 0.5) is 0 Å². The molecule has 7 heteroatoms. The molecule has 4 aromatic rings. The van der Waals surface area contributed by atoms with Gasteiger partial charge in [0, 0.05) is 39.1 Å². The highest BCUT2D eigenvalue weighted by Crippen LogP contribution is 2.42. The van der Waals surface area contributed by atoms with E-state index >= 15 is 0 Å². The van der Waals surface area contributed by atoms with Crippen molar-refractivity contribution in [3.05, 3.63) is 81.9 Å². The lowest BCUT2D eigenvalue weighted by Gasteiger charge is -2.26. The molecule has 168 valence electrons. The number of furan rings is 1. The predicted octanol–water partition coefficient (Wildman–Crippen LogP) is 6.45. The quantitative estimate of drug-likeness (QED) is 0.223. The molecule has 0 saturated carbocycles. The second-order valence-corrected chi connectivity index (χ2v) is 9.20. The highest BCUT2D eigenvalue weighted by Gasteiger charge is 2.45. The van der Waals surface area contributed by atoms with E-state index in [1.165, 1.54) is 0 Å². The van der Waals surface area contributed by atoms with Gasteiger partial charge >= 0.3 is 0 Å². The Morgan fingerprint density at radius 3 is 2.82 bits per heavy atom. The summed E-state index contributed by atoms with van der Waals surface area (Å²) < 4.78 is 6.68. The van der Waals surface area contributed by atoms with Gasteiger partial charge in [0.1, 0.15) is 5.58 Å². The number of aromatic nitrogens is 1. The van der Waals surface area contributed by atoms with Crippen molar-refractivity contribution in [3.8, 4) is 0 Å². The summed E-state index contributed by atoms with van der Waals surface area (Å²) in [5.41, 5.74) is 2.30. The fraction of sp³-hybridized carbons (Fsp3) is 0.231. The highest BCUT2D eigenvalue weighted by atomic mass is 79.9. The molecule has 2 aromatic heterocycles. The molecule has 33 heavy (non-hydrogen) atoms. The number of aliphatic hydroxyl groups is 1. The minimum atomic E-state index is -0.696. The first-order valence-corrected chi connectivity index (χ1v) is 11.8. The maximum Gasteiger partial charge on any atom is 0.290 e.